The zero-order chi connectivity index (χ0) is 18.6. The Morgan fingerprint density at radius 2 is 1.59 bits per heavy atom. The quantitative estimate of drug-likeness (QED) is 0.410. The van der Waals surface area contributed by atoms with Gasteiger partial charge in [0, 0.05) is 22.6 Å². The van der Waals surface area contributed by atoms with Crippen LogP contribution in [0.2, 0.25) is 5.02 Å². The van der Waals surface area contributed by atoms with E-state index in [1.807, 2.05) is 48.5 Å². The van der Waals surface area contributed by atoms with Gasteiger partial charge < -0.3 is 15.7 Å². The summed E-state index contributed by atoms with van der Waals surface area (Å²) >= 11 is 6.25. The number of rotatable bonds is 5. The maximum atomic E-state index is 9.43. The summed E-state index contributed by atoms with van der Waals surface area (Å²) in [6, 6.07) is 22.3. The van der Waals surface area contributed by atoms with Crippen molar-refractivity contribution in [1.29, 1.82) is 0 Å². The Labute approximate surface area is 161 Å². The molecular weight excluding hydrogens is 360 g/mol. The standard InChI is InChI=1S/C21H17ClN4O/c22-18-7-3-1-5-14(18)13-23-20-17-6-2-4-8-19(17)25-21(26-20)24-15-9-11-16(27)12-10-15/h1-12,27H,13H2,(H2,23,24,25,26). The van der Waals surface area contributed by atoms with E-state index in [4.69, 9.17) is 11.6 Å². The van der Waals surface area contributed by atoms with Gasteiger partial charge in [0.15, 0.2) is 0 Å². The smallest absolute Gasteiger partial charge is 0.229 e. The van der Waals surface area contributed by atoms with E-state index in [-0.39, 0.29) is 5.75 Å². The van der Waals surface area contributed by atoms with Crippen molar-refractivity contribution in [2.75, 3.05) is 10.6 Å². The number of fused-ring (bicyclic) bond motifs is 1. The van der Waals surface area contributed by atoms with Crippen LogP contribution in [0.4, 0.5) is 17.5 Å². The largest absolute Gasteiger partial charge is 0.508 e. The number of phenols is 1. The molecule has 4 aromatic rings. The number of halogens is 1. The van der Waals surface area contributed by atoms with Crippen molar-refractivity contribution >= 4 is 40.0 Å². The molecule has 0 bridgehead atoms. The van der Waals surface area contributed by atoms with Gasteiger partial charge in [0.25, 0.3) is 0 Å². The fourth-order valence-corrected chi connectivity index (χ4v) is 2.96. The predicted octanol–water partition coefficient (Wildman–Crippen LogP) is 5.34. The van der Waals surface area contributed by atoms with Crippen LogP contribution >= 0.6 is 11.6 Å². The molecule has 1 heterocycles. The zero-order valence-corrected chi connectivity index (χ0v) is 15.1. The van der Waals surface area contributed by atoms with Crippen LogP contribution in [0.15, 0.2) is 72.8 Å². The number of aromatic nitrogens is 2. The van der Waals surface area contributed by atoms with Crippen molar-refractivity contribution in [3.63, 3.8) is 0 Å². The highest BCUT2D eigenvalue weighted by molar-refractivity contribution is 6.31. The van der Waals surface area contributed by atoms with Gasteiger partial charge in [-0.15, -0.1) is 0 Å². The van der Waals surface area contributed by atoms with Crippen LogP contribution in [0.3, 0.4) is 0 Å². The summed E-state index contributed by atoms with van der Waals surface area (Å²) in [5.41, 5.74) is 2.62. The number of aromatic hydroxyl groups is 1. The molecule has 4 rings (SSSR count). The SMILES string of the molecule is Oc1ccc(Nc2nc(NCc3ccccc3Cl)c3ccccc3n2)cc1. The molecule has 0 spiro atoms. The Kier molecular flexibility index (Phi) is 4.77. The molecule has 5 nitrogen and oxygen atoms in total. The second-order valence-corrected chi connectivity index (χ2v) is 6.44. The van der Waals surface area contributed by atoms with Crippen LogP contribution in [0.1, 0.15) is 5.56 Å². The van der Waals surface area contributed by atoms with E-state index in [1.165, 1.54) is 0 Å². The monoisotopic (exact) mass is 376 g/mol. The first-order valence-electron chi connectivity index (χ1n) is 8.49. The topological polar surface area (TPSA) is 70.1 Å². The normalized spacial score (nSPS) is 10.7. The van der Waals surface area contributed by atoms with Crippen molar-refractivity contribution in [3.8, 4) is 5.75 Å². The number of hydrogen-bond acceptors (Lipinski definition) is 5. The van der Waals surface area contributed by atoms with E-state index in [0.29, 0.717) is 17.5 Å². The maximum absolute atomic E-state index is 9.43. The van der Waals surface area contributed by atoms with Crippen molar-refractivity contribution in [3.05, 3.63) is 83.4 Å². The fourth-order valence-electron chi connectivity index (χ4n) is 2.76. The van der Waals surface area contributed by atoms with Gasteiger partial charge in [-0.3, -0.25) is 0 Å². The number of nitrogens with one attached hydrogen (secondary N) is 2. The first-order valence-corrected chi connectivity index (χ1v) is 8.87. The molecule has 6 heteroatoms. The summed E-state index contributed by atoms with van der Waals surface area (Å²) in [5.74, 6) is 1.41. The molecule has 0 aliphatic heterocycles. The number of hydrogen-bond donors (Lipinski definition) is 3. The number of phenolic OH excluding ortho intramolecular Hbond substituents is 1. The Morgan fingerprint density at radius 1 is 0.852 bits per heavy atom. The molecule has 1 aromatic heterocycles. The third-order valence-electron chi connectivity index (χ3n) is 4.13. The molecule has 3 aromatic carbocycles. The Hall–Kier alpha value is -3.31. The summed E-state index contributed by atoms with van der Waals surface area (Å²) in [6.45, 7) is 0.555. The van der Waals surface area contributed by atoms with Crippen molar-refractivity contribution in [2.24, 2.45) is 0 Å². The van der Waals surface area contributed by atoms with Crippen molar-refractivity contribution < 1.29 is 5.11 Å². The Morgan fingerprint density at radius 3 is 2.41 bits per heavy atom. The van der Waals surface area contributed by atoms with Gasteiger partial charge in [-0.1, -0.05) is 41.9 Å². The number of nitrogens with zero attached hydrogens (tertiary/aromatic N) is 2. The molecule has 0 saturated heterocycles. The second kappa shape index (κ2) is 7.51. The molecule has 0 atom stereocenters. The first kappa shape index (κ1) is 17.1. The molecule has 0 amide bonds. The summed E-state index contributed by atoms with van der Waals surface area (Å²) in [6.07, 6.45) is 0. The lowest BCUT2D eigenvalue weighted by Gasteiger charge is -2.12. The average Bonchev–Trinajstić information content (AvgIpc) is 2.69. The van der Waals surface area contributed by atoms with Crippen LogP contribution in [0, 0.1) is 0 Å². The minimum absolute atomic E-state index is 0.210. The van der Waals surface area contributed by atoms with Crippen LogP contribution in [-0.2, 0) is 6.54 Å². The van der Waals surface area contributed by atoms with Crippen LogP contribution in [-0.4, -0.2) is 15.1 Å². The lowest BCUT2D eigenvalue weighted by Crippen LogP contribution is -2.06. The zero-order valence-electron chi connectivity index (χ0n) is 14.4. The maximum Gasteiger partial charge on any atom is 0.229 e. The molecule has 0 fully saturated rings. The van der Waals surface area contributed by atoms with Gasteiger partial charge in [-0.25, -0.2) is 4.98 Å². The van der Waals surface area contributed by atoms with Gasteiger partial charge in [0.2, 0.25) is 5.95 Å². The van der Waals surface area contributed by atoms with Gasteiger partial charge in [0.05, 0.1) is 5.52 Å². The second-order valence-electron chi connectivity index (χ2n) is 6.03. The molecule has 0 unspecified atom stereocenters. The van der Waals surface area contributed by atoms with E-state index < -0.39 is 0 Å². The predicted molar refractivity (Wildman–Crippen MR) is 110 cm³/mol. The van der Waals surface area contributed by atoms with E-state index in [2.05, 4.69) is 20.6 Å². The van der Waals surface area contributed by atoms with Crippen LogP contribution in [0.25, 0.3) is 10.9 Å². The number of para-hydroxylation sites is 1. The summed E-state index contributed by atoms with van der Waals surface area (Å²) < 4.78 is 0. The van der Waals surface area contributed by atoms with Crippen molar-refractivity contribution in [2.45, 2.75) is 6.54 Å². The Bertz CT molecular complexity index is 1080. The molecule has 27 heavy (non-hydrogen) atoms. The fraction of sp³-hybridized carbons (Fsp3) is 0.0476. The lowest BCUT2D eigenvalue weighted by molar-refractivity contribution is 0.475. The minimum Gasteiger partial charge on any atom is -0.508 e. The highest BCUT2D eigenvalue weighted by Crippen LogP contribution is 2.25. The summed E-state index contributed by atoms with van der Waals surface area (Å²) in [5, 5.41) is 17.6. The Balaban J connectivity index is 1.66. The summed E-state index contributed by atoms with van der Waals surface area (Å²) in [4.78, 5) is 9.20. The van der Waals surface area contributed by atoms with Gasteiger partial charge in [-0.2, -0.15) is 4.98 Å². The van der Waals surface area contributed by atoms with E-state index >= 15 is 0 Å². The molecule has 0 aliphatic carbocycles. The first-order chi connectivity index (χ1) is 13.2. The number of anilines is 3. The molecule has 0 radical (unpaired) electrons. The van der Waals surface area contributed by atoms with Crippen molar-refractivity contribution in [1.82, 2.24) is 9.97 Å². The van der Waals surface area contributed by atoms with Crippen LogP contribution < -0.4 is 10.6 Å². The van der Waals surface area contributed by atoms with Gasteiger partial charge in [-0.05, 0) is 48.0 Å². The number of benzene rings is 3. The highest BCUT2D eigenvalue weighted by atomic mass is 35.5. The highest BCUT2D eigenvalue weighted by Gasteiger charge is 2.09. The lowest BCUT2D eigenvalue weighted by atomic mass is 10.2. The molecule has 3 N–H and O–H groups in total. The average molecular weight is 377 g/mol. The van der Waals surface area contributed by atoms with Crippen LogP contribution in [0.5, 0.6) is 5.75 Å². The van der Waals surface area contributed by atoms with E-state index in [1.54, 1.807) is 24.3 Å². The molecule has 134 valence electrons. The van der Waals surface area contributed by atoms with E-state index in [9.17, 15) is 5.11 Å². The van der Waals surface area contributed by atoms with Gasteiger partial charge >= 0.3 is 0 Å². The summed E-state index contributed by atoms with van der Waals surface area (Å²) in [7, 11) is 0. The molecule has 0 aliphatic rings. The minimum atomic E-state index is 0.210. The van der Waals surface area contributed by atoms with E-state index in [0.717, 1.165) is 28.0 Å². The third-order valence-corrected chi connectivity index (χ3v) is 4.50. The molecule has 0 saturated carbocycles. The molecular formula is C21H17ClN4O. The van der Waals surface area contributed by atoms with Gasteiger partial charge in [0.1, 0.15) is 11.6 Å². The third kappa shape index (κ3) is 3.93.